The summed E-state index contributed by atoms with van der Waals surface area (Å²) in [5, 5.41) is 4.01. The van der Waals surface area contributed by atoms with Gasteiger partial charge in [0.2, 0.25) is 5.91 Å². The van der Waals surface area contributed by atoms with Crippen LogP contribution < -0.4 is 15.5 Å². The van der Waals surface area contributed by atoms with Crippen molar-refractivity contribution in [2.75, 3.05) is 12.9 Å². The molecule has 10 heteroatoms. The molecule has 1 aliphatic heterocycles. The lowest BCUT2D eigenvalue weighted by molar-refractivity contribution is -0.138. The first-order valence-corrected chi connectivity index (χ1v) is 11.2. The molecule has 4 amide bonds. The second-order valence-electron chi connectivity index (χ2n) is 7.53. The lowest BCUT2D eigenvalue weighted by Crippen LogP contribution is -2.48. The molecule has 2 heterocycles. The normalized spacial score (nSPS) is 17.8. The second kappa shape index (κ2) is 8.99. The number of carbonyl (C=O) groups excluding carboxylic acids is 3. The van der Waals surface area contributed by atoms with E-state index in [1.165, 1.54) is 18.9 Å². The number of para-hydroxylation sites is 2. The molecule has 0 saturated carbocycles. The van der Waals surface area contributed by atoms with Gasteiger partial charge in [0.05, 0.1) is 23.9 Å². The maximum absolute atomic E-state index is 13.1. The fourth-order valence-electron chi connectivity index (χ4n) is 3.63. The SMILES string of the molecule is C=CCn1c(SCC(=O)NN2C(=O)NC(C)(c3cccc(OC)c3)C2=O)nc2ccccc21. The number of carbonyl (C=O) groups is 3. The molecule has 2 N–H and O–H groups in total. The number of benzene rings is 2. The first-order chi connectivity index (χ1) is 15.9. The highest BCUT2D eigenvalue weighted by Crippen LogP contribution is 2.30. The van der Waals surface area contributed by atoms with Crippen LogP contribution in [0, 0.1) is 0 Å². The molecular formula is C23H23N5O4S. The highest BCUT2D eigenvalue weighted by atomic mass is 32.2. The van der Waals surface area contributed by atoms with E-state index in [1.54, 1.807) is 37.3 Å². The predicted octanol–water partition coefficient (Wildman–Crippen LogP) is 2.82. The number of amides is 4. The molecule has 1 aliphatic rings. The van der Waals surface area contributed by atoms with E-state index in [2.05, 4.69) is 22.3 Å². The summed E-state index contributed by atoms with van der Waals surface area (Å²) in [6.45, 7) is 5.90. The molecule has 3 aromatic rings. The number of allylic oxidation sites excluding steroid dienone is 1. The van der Waals surface area contributed by atoms with Crippen LogP contribution in [0.1, 0.15) is 12.5 Å². The van der Waals surface area contributed by atoms with Crippen molar-refractivity contribution in [2.45, 2.75) is 24.2 Å². The van der Waals surface area contributed by atoms with Crippen LogP contribution in [-0.4, -0.2) is 45.3 Å². The number of ether oxygens (including phenoxy) is 1. The van der Waals surface area contributed by atoms with Crippen LogP contribution in [0.15, 0.2) is 66.3 Å². The van der Waals surface area contributed by atoms with Gasteiger partial charge in [0, 0.05) is 6.54 Å². The van der Waals surface area contributed by atoms with Gasteiger partial charge >= 0.3 is 6.03 Å². The van der Waals surface area contributed by atoms with E-state index in [0.29, 0.717) is 23.0 Å². The van der Waals surface area contributed by atoms with E-state index in [-0.39, 0.29) is 5.75 Å². The van der Waals surface area contributed by atoms with Gasteiger partial charge < -0.3 is 14.6 Å². The Labute approximate surface area is 194 Å². The van der Waals surface area contributed by atoms with Crippen molar-refractivity contribution < 1.29 is 19.1 Å². The molecule has 4 rings (SSSR count). The number of methoxy groups -OCH3 is 1. The summed E-state index contributed by atoms with van der Waals surface area (Å²) in [7, 11) is 1.52. The molecule has 170 valence electrons. The highest BCUT2D eigenvalue weighted by molar-refractivity contribution is 7.99. The number of imide groups is 1. The molecule has 0 bridgehead atoms. The van der Waals surface area contributed by atoms with Gasteiger partial charge in [0.25, 0.3) is 5.91 Å². The van der Waals surface area contributed by atoms with Gasteiger partial charge in [-0.3, -0.25) is 15.0 Å². The first-order valence-electron chi connectivity index (χ1n) is 10.2. The summed E-state index contributed by atoms with van der Waals surface area (Å²) in [4.78, 5) is 42.7. The van der Waals surface area contributed by atoms with E-state index in [4.69, 9.17) is 4.74 Å². The number of urea groups is 1. The molecule has 1 unspecified atom stereocenters. The smallest absolute Gasteiger partial charge is 0.344 e. The number of hydrazine groups is 1. The summed E-state index contributed by atoms with van der Waals surface area (Å²) in [5.41, 5.74) is 3.37. The molecule has 1 saturated heterocycles. The first kappa shape index (κ1) is 22.4. The lowest BCUT2D eigenvalue weighted by Gasteiger charge is -2.22. The number of hydrogen-bond donors (Lipinski definition) is 2. The van der Waals surface area contributed by atoms with E-state index in [0.717, 1.165) is 16.0 Å². The lowest BCUT2D eigenvalue weighted by atomic mass is 9.92. The Kier molecular flexibility index (Phi) is 6.10. The zero-order chi connectivity index (χ0) is 23.6. The Morgan fingerprint density at radius 2 is 2.06 bits per heavy atom. The monoisotopic (exact) mass is 465 g/mol. The van der Waals surface area contributed by atoms with Gasteiger partial charge in [-0.1, -0.05) is 42.1 Å². The maximum Gasteiger partial charge on any atom is 0.344 e. The number of nitrogens with one attached hydrogen (secondary N) is 2. The van der Waals surface area contributed by atoms with E-state index >= 15 is 0 Å². The summed E-state index contributed by atoms with van der Waals surface area (Å²) in [6.07, 6.45) is 1.75. The van der Waals surface area contributed by atoms with E-state index in [9.17, 15) is 14.4 Å². The maximum atomic E-state index is 13.1. The molecule has 33 heavy (non-hydrogen) atoms. The van der Waals surface area contributed by atoms with Crippen molar-refractivity contribution in [1.82, 2.24) is 25.3 Å². The number of thioether (sulfide) groups is 1. The molecule has 2 aromatic carbocycles. The van der Waals surface area contributed by atoms with Gasteiger partial charge in [0.15, 0.2) is 5.16 Å². The predicted molar refractivity (Wildman–Crippen MR) is 125 cm³/mol. The number of rotatable bonds is 8. The summed E-state index contributed by atoms with van der Waals surface area (Å²) >= 11 is 1.21. The Morgan fingerprint density at radius 1 is 1.27 bits per heavy atom. The zero-order valence-electron chi connectivity index (χ0n) is 18.2. The minimum absolute atomic E-state index is 0.0343. The van der Waals surface area contributed by atoms with Crippen LogP contribution >= 0.6 is 11.8 Å². The molecule has 1 atom stereocenters. The fourth-order valence-corrected chi connectivity index (χ4v) is 4.44. The molecule has 0 spiro atoms. The van der Waals surface area contributed by atoms with Crippen molar-refractivity contribution in [3.05, 3.63) is 66.7 Å². The van der Waals surface area contributed by atoms with Crippen LogP contribution in [0.5, 0.6) is 5.75 Å². The molecule has 9 nitrogen and oxygen atoms in total. The Balaban J connectivity index is 1.46. The number of nitrogens with zero attached hydrogens (tertiary/aromatic N) is 3. The van der Waals surface area contributed by atoms with Crippen LogP contribution in [0.3, 0.4) is 0 Å². The third-order valence-electron chi connectivity index (χ3n) is 5.34. The number of fused-ring (bicyclic) bond motifs is 1. The minimum Gasteiger partial charge on any atom is -0.497 e. The van der Waals surface area contributed by atoms with Crippen molar-refractivity contribution in [3.8, 4) is 5.75 Å². The average molecular weight is 466 g/mol. The largest absolute Gasteiger partial charge is 0.497 e. The third-order valence-corrected chi connectivity index (χ3v) is 6.31. The standard InChI is InChI=1S/C23H23N5O4S/c1-4-12-27-18-11-6-5-10-17(18)24-22(27)33-14-19(29)26-28-20(30)23(2,25-21(28)31)15-8-7-9-16(13-15)32-3/h4-11,13H,1,12,14H2,2-3H3,(H,25,31)(H,26,29). The molecule has 0 radical (unpaired) electrons. The highest BCUT2D eigenvalue weighted by Gasteiger charge is 2.50. The van der Waals surface area contributed by atoms with Crippen molar-refractivity contribution in [1.29, 1.82) is 0 Å². The van der Waals surface area contributed by atoms with Crippen LogP contribution in [0.4, 0.5) is 4.79 Å². The zero-order valence-corrected chi connectivity index (χ0v) is 19.0. The number of aromatic nitrogens is 2. The van der Waals surface area contributed by atoms with Crippen molar-refractivity contribution >= 4 is 40.6 Å². The number of hydrogen-bond acceptors (Lipinski definition) is 6. The quantitative estimate of drug-likeness (QED) is 0.301. The second-order valence-corrected chi connectivity index (χ2v) is 8.48. The van der Waals surface area contributed by atoms with Crippen molar-refractivity contribution in [2.24, 2.45) is 0 Å². The molecule has 1 fully saturated rings. The van der Waals surface area contributed by atoms with Gasteiger partial charge in [-0.05, 0) is 36.8 Å². The van der Waals surface area contributed by atoms with Crippen LogP contribution in [0.25, 0.3) is 11.0 Å². The van der Waals surface area contributed by atoms with Gasteiger partial charge in [-0.25, -0.2) is 9.78 Å². The third kappa shape index (κ3) is 4.17. The van der Waals surface area contributed by atoms with Gasteiger partial charge in [-0.15, -0.1) is 6.58 Å². The summed E-state index contributed by atoms with van der Waals surface area (Å²) in [6, 6.07) is 13.8. The summed E-state index contributed by atoms with van der Waals surface area (Å²) in [5.74, 6) is -0.571. The van der Waals surface area contributed by atoms with E-state index < -0.39 is 23.4 Å². The van der Waals surface area contributed by atoms with E-state index in [1.807, 2.05) is 28.8 Å². The van der Waals surface area contributed by atoms with Gasteiger partial charge in [0.1, 0.15) is 11.3 Å². The van der Waals surface area contributed by atoms with Crippen LogP contribution in [0.2, 0.25) is 0 Å². The molecular weight excluding hydrogens is 442 g/mol. The molecule has 0 aliphatic carbocycles. The average Bonchev–Trinajstić information content (AvgIpc) is 3.28. The number of imidazole rings is 1. The Hall–Kier alpha value is -3.79. The summed E-state index contributed by atoms with van der Waals surface area (Å²) < 4.78 is 7.16. The van der Waals surface area contributed by atoms with Crippen LogP contribution in [-0.2, 0) is 21.7 Å². The Morgan fingerprint density at radius 3 is 2.82 bits per heavy atom. The fraction of sp³-hybridized carbons (Fsp3) is 0.217. The Bertz CT molecular complexity index is 1260. The van der Waals surface area contributed by atoms with Gasteiger partial charge in [-0.2, -0.15) is 5.01 Å². The topological polar surface area (TPSA) is 106 Å². The van der Waals surface area contributed by atoms with Crippen molar-refractivity contribution in [3.63, 3.8) is 0 Å². The molecule has 1 aromatic heterocycles. The minimum atomic E-state index is -1.33.